The third-order valence-electron chi connectivity index (χ3n) is 2.03. The highest BCUT2D eigenvalue weighted by molar-refractivity contribution is 5.80. The number of hydrogen-bond acceptors (Lipinski definition) is 2. The van der Waals surface area contributed by atoms with Crippen LogP contribution >= 0.6 is 0 Å². The van der Waals surface area contributed by atoms with Gasteiger partial charge in [-0.3, -0.25) is 0 Å². The summed E-state index contributed by atoms with van der Waals surface area (Å²) in [7, 11) is 0. The maximum absolute atomic E-state index is 12.2. The lowest BCUT2D eigenvalue weighted by Crippen LogP contribution is -2.36. The molecule has 0 aromatic rings. The van der Waals surface area contributed by atoms with Crippen LogP contribution in [0.15, 0.2) is 24.3 Å². The maximum atomic E-state index is 12.2. The van der Waals surface area contributed by atoms with Gasteiger partial charge in [-0.05, 0) is 12.2 Å². The molecule has 2 N–H and O–H groups in total. The molecule has 0 aliphatic carbocycles. The molecule has 0 fully saturated rings. The van der Waals surface area contributed by atoms with Crippen molar-refractivity contribution in [2.24, 2.45) is 0 Å². The molecular formula is C12H11F9O4. The molecule has 3 atom stereocenters. The Kier molecular flexibility index (Phi) is 11.4. The third kappa shape index (κ3) is 11.1. The van der Waals surface area contributed by atoms with Gasteiger partial charge in [0.25, 0.3) is 6.43 Å². The Labute approximate surface area is 134 Å². The van der Waals surface area contributed by atoms with Crippen molar-refractivity contribution in [2.75, 3.05) is 0 Å². The standard InChI is InChI=1S/C6H5F5O2.C6H6F4O2/c7-3(1-2-4(12)13)6(10,11)5(8)9;7-3(1-2-4(11)12)5(8)6(9)10/h1-3,5H,(H,12,13);1-3,5-6H,(H,11,12). The summed E-state index contributed by atoms with van der Waals surface area (Å²) >= 11 is 0. The Morgan fingerprint density at radius 1 is 0.800 bits per heavy atom. The largest absolute Gasteiger partial charge is 0.478 e. The second-order valence-electron chi connectivity index (χ2n) is 4.00. The van der Waals surface area contributed by atoms with E-state index in [0.29, 0.717) is 0 Å². The molecule has 0 aromatic heterocycles. The molecule has 146 valence electrons. The average molecular weight is 390 g/mol. The highest BCUT2D eigenvalue weighted by Crippen LogP contribution is 2.29. The summed E-state index contributed by atoms with van der Waals surface area (Å²) in [5.41, 5.74) is 0. The Balaban J connectivity index is 0. The van der Waals surface area contributed by atoms with Crippen LogP contribution in [-0.2, 0) is 9.59 Å². The number of aliphatic carboxylic acids is 2. The van der Waals surface area contributed by atoms with Crippen LogP contribution in [0.2, 0.25) is 0 Å². The van der Waals surface area contributed by atoms with Crippen LogP contribution in [0, 0.1) is 0 Å². The van der Waals surface area contributed by atoms with E-state index in [0.717, 1.165) is 0 Å². The highest BCUT2D eigenvalue weighted by Gasteiger charge is 2.48. The summed E-state index contributed by atoms with van der Waals surface area (Å²) in [6.07, 6.45) is -16.0. The summed E-state index contributed by atoms with van der Waals surface area (Å²) in [4.78, 5) is 19.4. The van der Waals surface area contributed by atoms with Gasteiger partial charge in [-0.1, -0.05) is 0 Å². The third-order valence-corrected chi connectivity index (χ3v) is 2.03. The SMILES string of the molecule is O=C(O)C=CC(F)C(F)(F)C(F)F.O=C(O)C=CC(F)C(F)C(F)F. The van der Waals surface area contributed by atoms with E-state index in [2.05, 4.69) is 0 Å². The minimum Gasteiger partial charge on any atom is -0.478 e. The molecule has 0 spiro atoms. The van der Waals surface area contributed by atoms with Gasteiger partial charge in [-0.2, -0.15) is 8.78 Å². The van der Waals surface area contributed by atoms with Crippen molar-refractivity contribution < 1.29 is 59.3 Å². The number of carboxylic acids is 2. The van der Waals surface area contributed by atoms with Crippen LogP contribution in [0.25, 0.3) is 0 Å². The molecule has 4 nitrogen and oxygen atoms in total. The number of allylic oxidation sites excluding steroid dienone is 2. The lowest BCUT2D eigenvalue weighted by Gasteiger charge is -2.16. The first kappa shape index (κ1) is 25.0. The zero-order chi connectivity index (χ0) is 20.4. The first-order valence-electron chi connectivity index (χ1n) is 5.92. The van der Waals surface area contributed by atoms with Gasteiger partial charge in [0.15, 0.2) is 18.5 Å². The first-order valence-corrected chi connectivity index (χ1v) is 5.92. The molecule has 0 radical (unpaired) electrons. The smallest absolute Gasteiger partial charge is 0.341 e. The molecule has 0 aromatic carbocycles. The van der Waals surface area contributed by atoms with Gasteiger partial charge in [0.2, 0.25) is 0 Å². The van der Waals surface area contributed by atoms with Crippen molar-refractivity contribution in [1.82, 2.24) is 0 Å². The van der Waals surface area contributed by atoms with Gasteiger partial charge in [0.1, 0.15) is 0 Å². The molecule has 0 amide bonds. The molecule has 3 unspecified atom stereocenters. The summed E-state index contributed by atoms with van der Waals surface area (Å²) in [5.74, 6) is -8.06. The van der Waals surface area contributed by atoms with Gasteiger partial charge in [-0.15, -0.1) is 0 Å². The first-order chi connectivity index (χ1) is 11.2. The van der Waals surface area contributed by atoms with Crippen LogP contribution in [0.1, 0.15) is 0 Å². The van der Waals surface area contributed by atoms with E-state index in [1.165, 1.54) is 0 Å². The zero-order valence-corrected chi connectivity index (χ0v) is 11.8. The fourth-order valence-corrected chi connectivity index (χ4v) is 0.835. The molecule has 0 rings (SSSR count). The predicted octanol–water partition coefficient (Wildman–Crippen LogP) is 3.43. The molecule has 0 aliphatic heterocycles. The molecular weight excluding hydrogens is 379 g/mol. The summed E-state index contributed by atoms with van der Waals surface area (Å²) in [6.45, 7) is 0. The molecule has 25 heavy (non-hydrogen) atoms. The van der Waals surface area contributed by atoms with Gasteiger partial charge in [0.05, 0.1) is 0 Å². The van der Waals surface area contributed by atoms with Gasteiger partial charge in [0, 0.05) is 12.2 Å². The van der Waals surface area contributed by atoms with Crippen LogP contribution in [0.5, 0.6) is 0 Å². The Morgan fingerprint density at radius 2 is 1.20 bits per heavy atom. The number of alkyl halides is 9. The lowest BCUT2D eigenvalue weighted by atomic mass is 10.2. The molecule has 0 bridgehead atoms. The van der Waals surface area contributed by atoms with E-state index >= 15 is 0 Å². The summed E-state index contributed by atoms with van der Waals surface area (Å²) < 4.78 is 106. The Hall–Kier alpha value is -2.21. The average Bonchev–Trinajstić information content (AvgIpc) is 2.49. The molecule has 0 heterocycles. The Bertz CT molecular complexity index is 479. The number of carbonyl (C=O) groups is 2. The van der Waals surface area contributed by atoms with E-state index in [9.17, 15) is 49.1 Å². The van der Waals surface area contributed by atoms with Crippen LogP contribution in [-0.4, -0.2) is 59.4 Å². The van der Waals surface area contributed by atoms with Gasteiger partial charge in [-0.25, -0.2) is 40.3 Å². The fraction of sp³-hybridized carbons (Fsp3) is 0.500. The van der Waals surface area contributed by atoms with Crippen LogP contribution < -0.4 is 0 Å². The fourth-order valence-electron chi connectivity index (χ4n) is 0.835. The predicted molar refractivity (Wildman–Crippen MR) is 65.2 cm³/mol. The van der Waals surface area contributed by atoms with Crippen molar-refractivity contribution in [3.63, 3.8) is 0 Å². The van der Waals surface area contributed by atoms with Crippen molar-refractivity contribution in [2.45, 2.75) is 37.3 Å². The van der Waals surface area contributed by atoms with Crippen LogP contribution in [0.3, 0.4) is 0 Å². The van der Waals surface area contributed by atoms with Crippen molar-refractivity contribution in [1.29, 1.82) is 0 Å². The Morgan fingerprint density at radius 3 is 1.52 bits per heavy atom. The molecule has 0 aliphatic rings. The second kappa shape index (κ2) is 11.4. The second-order valence-corrected chi connectivity index (χ2v) is 4.00. The lowest BCUT2D eigenvalue weighted by molar-refractivity contribution is -0.159. The van der Waals surface area contributed by atoms with E-state index in [1.807, 2.05) is 0 Å². The molecule has 13 heteroatoms. The molecule has 0 saturated carbocycles. The minimum atomic E-state index is -4.86. The van der Waals surface area contributed by atoms with E-state index < -0.39 is 49.2 Å². The van der Waals surface area contributed by atoms with Crippen molar-refractivity contribution in [3.8, 4) is 0 Å². The maximum Gasteiger partial charge on any atom is 0.341 e. The van der Waals surface area contributed by atoms with Gasteiger partial charge < -0.3 is 10.2 Å². The van der Waals surface area contributed by atoms with E-state index in [-0.39, 0.29) is 24.3 Å². The van der Waals surface area contributed by atoms with Crippen LogP contribution in [0.4, 0.5) is 39.5 Å². The normalized spacial score (nSPS) is 16.0. The molecule has 0 saturated heterocycles. The highest BCUT2D eigenvalue weighted by atomic mass is 19.3. The van der Waals surface area contributed by atoms with Crippen molar-refractivity contribution in [3.05, 3.63) is 24.3 Å². The number of rotatable bonds is 8. The topological polar surface area (TPSA) is 74.6 Å². The monoisotopic (exact) mass is 390 g/mol. The van der Waals surface area contributed by atoms with E-state index in [1.54, 1.807) is 0 Å². The summed E-state index contributed by atoms with van der Waals surface area (Å²) in [5, 5.41) is 15.8. The number of halogens is 9. The zero-order valence-electron chi connectivity index (χ0n) is 11.8. The van der Waals surface area contributed by atoms with Gasteiger partial charge >= 0.3 is 24.3 Å². The minimum absolute atomic E-state index is 0.0426. The number of carboxylic acid groups (broad SMARTS) is 2. The summed E-state index contributed by atoms with van der Waals surface area (Å²) in [6, 6.07) is 0. The van der Waals surface area contributed by atoms with Crippen molar-refractivity contribution >= 4 is 11.9 Å². The number of hydrogen-bond donors (Lipinski definition) is 2. The van der Waals surface area contributed by atoms with E-state index in [4.69, 9.17) is 10.2 Å². The quantitative estimate of drug-likeness (QED) is 0.492.